The van der Waals surface area contributed by atoms with E-state index in [2.05, 4.69) is 18.8 Å². The predicted molar refractivity (Wildman–Crippen MR) is 75.1 cm³/mol. The third-order valence-electron chi connectivity index (χ3n) is 5.47. The van der Waals surface area contributed by atoms with Crippen LogP contribution in [-0.2, 0) is 12.8 Å². The molecule has 2 aliphatic carbocycles. The van der Waals surface area contributed by atoms with Crippen molar-refractivity contribution in [3.8, 4) is 0 Å². The van der Waals surface area contributed by atoms with E-state index in [1.165, 1.54) is 5.69 Å². The lowest BCUT2D eigenvalue weighted by molar-refractivity contribution is -0.182. The van der Waals surface area contributed by atoms with Gasteiger partial charge in [-0.15, -0.1) is 0 Å². The van der Waals surface area contributed by atoms with E-state index in [1.54, 1.807) is 0 Å². The van der Waals surface area contributed by atoms with Crippen molar-refractivity contribution >= 4 is 0 Å². The number of fused-ring (bicyclic) bond motifs is 1. The molecule has 1 aromatic rings. The average Bonchev–Trinajstić information content (AvgIpc) is 2.81. The van der Waals surface area contributed by atoms with Gasteiger partial charge in [0, 0.05) is 11.6 Å². The quantitative estimate of drug-likeness (QED) is 0.805. The zero-order chi connectivity index (χ0) is 15.2. The molecular formula is C16H23F3N2. The Kier molecular flexibility index (Phi) is 3.78. The molecule has 0 aromatic carbocycles. The first-order valence-electron chi connectivity index (χ1n) is 7.99. The molecule has 1 aromatic heterocycles. The molecule has 2 atom stereocenters. The van der Waals surface area contributed by atoms with Crippen molar-refractivity contribution in [2.45, 2.75) is 64.5 Å². The number of aromatic nitrogens is 2. The molecule has 21 heavy (non-hydrogen) atoms. The van der Waals surface area contributed by atoms with Gasteiger partial charge >= 0.3 is 6.18 Å². The maximum absolute atomic E-state index is 12.7. The van der Waals surface area contributed by atoms with Crippen LogP contribution in [-0.4, -0.2) is 16.1 Å². The molecule has 0 saturated heterocycles. The zero-order valence-electron chi connectivity index (χ0n) is 12.6. The number of aromatic amines is 1. The third kappa shape index (κ3) is 2.97. The Bertz CT molecular complexity index is 471. The van der Waals surface area contributed by atoms with Crippen LogP contribution in [0.4, 0.5) is 13.2 Å². The maximum Gasteiger partial charge on any atom is 0.391 e. The molecule has 0 bridgehead atoms. The lowest BCUT2D eigenvalue weighted by Crippen LogP contribution is -2.27. The van der Waals surface area contributed by atoms with E-state index >= 15 is 0 Å². The summed E-state index contributed by atoms with van der Waals surface area (Å²) in [7, 11) is 0. The van der Waals surface area contributed by atoms with Gasteiger partial charge < -0.3 is 4.98 Å². The fraction of sp³-hybridized carbons (Fsp3) is 0.812. The predicted octanol–water partition coefficient (Wildman–Crippen LogP) is 4.62. The van der Waals surface area contributed by atoms with Gasteiger partial charge in [-0.3, -0.25) is 0 Å². The van der Waals surface area contributed by atoms with E-state index in [-0.39, 0.29) is 18.8 Å². The largest absolute Gasteiger partial charge is 0.391 e. The van der Waals surface area contributed by atoms with Crippen molar-refractivity contribution < 1.29 is 13.2 Å². The molecule has 1 fully saturated rings. The number of imidazole rings is 1. The molecule has 0 aliphatic heterocycles. The molecule has 3 rings (SSSR count). The summed E-state index contributed by atoms with van der Waals surface area (Å²) in [6.45, 7) is 4.50. The number of alkyl halides is 3. The minimum atomic E-state index is -4.03. The molecule has 118 valence electrons. The molecule has 0 spiro atoms. The van der Waals surface area contributed by atoms with Crippen LogP contribution in [0.15, 0.2) is 0 Å². The van der Waals surface area contributed by atoms with E-state index in [9.17, 15) is 13.2 Å². The second-order valence-corrected chi connectivity index (χ2v) is 7.00. The SMILES string of the molecule is CC1Cc2nc(C3CCC(C(F)(F)F)CC3)[nH]c2CC1C. The van der Waals surface area contributed by atoms with Crippen LogP contribution in [0.3, 0.4) is 0 Å². The summed E-state index contributed by atoms with van der Waals surface area (Å²) in [5.74, 6) is 1.28. The normalized spacial score (nSPS) is 33.8. The molecule has 0 amide bonds. The van der Waals surface area contributed by atoms with Crippen molar-refractivity contribution in [1.29, 1.82) is 0 Å². The molecule has 1 heterocycles. The van der Waals surface area contributed by atoms with E-state index in [0.29, 0.717) is 24.7 Å². The standard InChI is InChI=1S/C16H23F3N2/c1-9-7-13-14(8-10(9)2)21-15(20-13)11-3-5-12(6-4-11)16(17,18)19/h9-12H,3-8H2,1-2H3,(H,20,21). The van der Waals surface area contributed by atoms with Crippen LogP contribution in [0, 0.1) is 17.8 Å². The van der Waals surface area contributed by atoms with Crippen LogP contribution in [0.2, 0.25) is 0 Å². The molecule has 1 saturated carbocycles. The Balaban J connectivity index is 1.68. The van der Waals surface area contributed by atoms with Crippen LogP contribution in [0.1, 0.15) is 62.7 Å². The van der Waals surface area contributed by atoms with Gasteiger partial charge in [-0.25, -0.2) is 4.98 Å². The van der Waals surface area contributed by atoms with Crippen molar-refractivity contribution in [3.05, 3.63) is 17.2 Å². The highest BCUT2D eigenvalue weighted by Crippen LogP contribution is 2.42. The van der Waals surface area contributed by atoms with Crippen molar-refractivity contribution in [2.75, 3.05) is 0 Å². The van der Waals surface area contributed by atoms with Crippen molar-refractivity contribution in [3.63, 3.8) is 0 Å². The Labute approximate surface area is 123 Å². The van der Waals surface area contributed by atoms with E-state index in [1.807, 2.05) is 0 Å². The number of nitrogens with one attached hydrogen (secondary N) is 1. The molecule has 2 nitrogen and oxygen atoms in total. The second-order valence-electron chi connectivity index (χ2n) is 7.00. The van der Waals surface area contributed by atoms with Gasteiger partial charge in [0.05, 0.1) is 11.6 Å². The third-order valence-corrected chi connectivity index (χ3v) is 5.47. The van der Waals surface area contributed by atoms with E-state index in [0.717, 1.165) is 24.4 Å². The summed E-state index contributed by atoms with van der Waals surface area (Å²) >= 11 is 0. The maximum atomic E-state index is 12.7. The lowest BCUT2D eigenvalue weighted by atomic mass is 9.81. The number of nitrogens with zero attached hydrogens (tertiary/aromatic N) is 1. The van der Waals surface area contributed by atoms with E-state index < -0.39 is 12.1 Å². The molecule has 2 unspecified atom stereocenters. The summed E-state index contributed by atoms with van der Waals surface area (Å²) in [5.41, 5.74) is 2.36. The summed E-state index contributed by atoms with van der Waals surface area (Å²) in [6, 6.07) is 0. The highest BCUT2D eigenvalue weighted by molar-refractivity contribution is 5.21. The second kappa shape index (κ2) is 5.33. The lowest BCUT2D eigenvalue weighted by Gasteiger charge is -2.28. The summed E-state index contributed by atoms with van der Waals surface area (Å²) in [6.07, 6.45) is -0.341. The van der Waals surface area contributed by atoms with Gasteiger partial charge in [0.15, 0.2) is 0 Å². The van der Waals surface area contributed by atoms with Crippen LogP contribution in [0.5, 0.6) is 0 Å². The van der Waals surface area contributed by atoms with Crippen LogP contribution < -0.4 is 0 Å². The van der Waals surface area contributed by atoms with Crippen molar-refractivity contribution in [2.24, 2.45) is 17.8 Å². The Morgan fingerprint density at radius 2 is 1.62 bits per heavy atom. The number of halogens is 3. The molecule has 0 radical (unpaired) electrons. The van der Waals surface area contributed by atoms with Crippen LogP contribution >= 0.6 is 0 Å². The number of hydrogen-bond donors (Lipinski definition) is 1. The first-order chi connectivity index (χ1) is 9.84. The molecule has 2 aliphatic rings. The molecule has 5 heteroatoms. The summed E-state index contributed by atoms with van der Waals surface area (Å²) in [4.78, 5) is 8.13. The van der Waals surface area contributed by atoms with Gasteiger partial charge in [0.2, 0.25) is 0 Å². The van der Waals surface area contributed by atoms with Gasteiger partial charge in [0.25, 0.3) is 0 Å². The Hall–Kier alpha value is -1.00. The zero-order valence-corrected chi connectivity index (χ0v) is 12.6. The number of rotatable bonds is 1. The first-order valence-corrected chi connectivity index (χ1v) is 7.99. The van der Waals surface area contributed by atoms with Crippen LogP contribution in [0.25, 0.3) is 0 Å². The number of H-pyrrole nitrogens is 1. The fourth-order valence-corrected chi connectivity index (χ4v) is 3.72. The van der Waals surface area contributed by atoms with Crippen molar-refractivity contribution in [1.82, 2.24) is 9.97 Å². The smallest absolute Gasteiger partial charge is 0.345 e. The summed E-state index contributed by atoms with van der Waals surface area (Å²) < 4.78 is 38.2. The number of hydrogen-bond acceptors (Lipinski definition) is 1. The highest BCUT2D eigenvalue weighted by atomic mass is 19.4. The van der Waals surface area contributed by atoms with E-state index in [4.69, 9.17) is 4.98 Å². The molecule has 1 N–H and O–H groups in total. The minimum absolute atomic E-state index is 0.180. The summed E-state index contributed by atoms with van der Waals surface area (Å²) in [5, 5.41) is 0. The Morgan fingerprint density at radius 1 is 1.00 bits per heavy atom. The minimum Gasteiger partial charge on any atom is -0.345 e. The average molecular weight is 300 g/mol. The monoisotopic (exact) mass is 300 g/mol. The topological polar surface area (TPSA) is 28.7 Å². The van der Waals surface area contributed by atoms with Gasteiger partial charge in [-0.1, -0.05) is 13.8 Å². The fourth-order valence-electron chi connectivity index (χ4n) is 3.72. The van der Waals surface area contributed by atoms with Gasteiger partial charge in [-0.2, -0.15) is 13.2 Å². The first kappa shape index (κ1) is 14.9. The van der Waals surface area contributed by atoms with Gasteiger partial charge in [0.1, 0.15) is 5.82 Å². The molecular weight excluding hydrogens is 277 g/mol. The highest BCUT2D eigenvalue weighted by Gasteiger charge is 2.42. The Morgan fingerprint density at radius 3 is 2.24 bits per heavy atom. The van der Waals surface area contributed by atoms with Gasteiger partial charge in [-0.05, 0) is 50.4 Å².